The first-order valence-electron chi connectivity index (χ1n) is 14.6. The third-order valence-corrected chi connectivity index (χ3v) is 7.49. The maximum atomic E-state index is 13.7. The van der Waals surface area contributed by atoms with Gasteiger partial charge >= 0.3 is 6.09 Å². The van der Waals surface area contributed by atoms with E-state index in [0.29, 0.717) is 34.5 Å². The van der Waals surface area contributed by atoms with Gasteiger partial charge < -0.3 is 29.2 Å². The molecule has 0 bridgehead atoms. The van der Waals surface area contributed by atoms with Gasteiger partial charge in [0.1, 0.15) is 17.2 Å². The molecule has 1 aromatic heterocycles. The summed E-state index contributed by atoms with van der Waals surface area (Å²) in [4.78, 5) is 26.1. The van der Waals surface area contributed by atoms with Crippen molar-refractivity contribution in [1.82, 2.24) is 14.9 Å². The molecule has 3 aromatic carbocycles. The maximum absolute atomic E-state index is 13.7. The van der Waals surface area contributed by atoms with Crippen molar-refractivity contribution in [3.63, 3.8) is 0 Å². The van der Waals surface area contributed by atoms with E-state index in [0.717, 1.165) is 24.4 Å². The lowest BCUT2D eigenvalue weighted by Crippen LogP contribution is -2.31. The van der Waals surface area contributed by atoms with Gasteiger partial charge in [0, 0.05) is 30.6 Å². The molecule has 4 aromatic rings. The quantitative estimate of drug-likeness (QED) is 0.162. The van der Waals surface area contributed by atoms with Crippen molar-refractivity contribution in [3.8, 4) is 23.1 Å². The lowest BCUT2D eigenvalue weighted by atomic mass is 10.1. The van der Waals surface area contributed by atoms with Crippen LogP contribution in [0.3, 0.4) is 0 Å². The Morgan fingerprint density at radius 1 is 0.932 bits per heavy atom. The van der Waals surface area contributed by atoms with E-state index in [1.807, 2.05) is 24.3 Å². The van der Waals surface area contributed by atoms with Crippen LogP contribution in [0.15, 0.2) is 79.0 Å². The third-order valence-electron chi connectivity index (χ3n) is 7.17. The average Bonchev–Trinajstić information content (AvgIpc) is 3.05. The standard InChI is InChI=1S/C33H36ClN5O5/c1-41-26-15-16-29(30(23-26)42-2)39(28-10-5-4-9-27(28)34)33(40)44-31-17-18-35-32(37-31)36-24-11-13-25(14-12-24)43-22-8-21-38-19-6-3-7-20-38/h4-5,9-18,23H,3,6-8,19-22H2,1-2H3,(H,35,36,37). The number of benzene rings is 3. The summed E-state index contributed by atoms with van der Waals surface area (Å²) in [6.45, 7) is 4.13. The first-order chi connectivity index (χ1) is 21.5. The van der Waals surface area contributed by atoms with Crippen molar-refractivity contribution in [1.29, 1.82) is 0 Å². The third kappa shape index (κ3) is 8.09. The van der Waals surface area contributed by atoms with Gasteiger partial charge in [-0.2, -0.15) is 4.98 Å². The molecule has 0 radical (unpaired) electrons. The molecule has 10 nitrogen and oxygen atoms in total. The van der Waals surface area contributed by atoms with E-state index in [9.17, 15) is 4.79 Å². The van der Waals surface area contributed by atoms with Crippen molar-refractivity contribution in [2.75, 3.05) is 50.7 Å². The zero-order valence-electron chi connectivity index (χ0n) is 24.9. The van der Waals surface area contributed by atoms with Crippen LogP contribution in [0, 0.1) is 0 Å². The van der Waals surface area contributed by atoms with E-state index in [4.69, 9.17) is 30.5 Å². The van der Waals surface area contributed by atoms with Crippen LogP contribution in [0.4, 0.5) is 27.8 Å². The smallest absolute Gasteiger partial charge is 0.425 e. The summed E-state index contributed by atoms with van der Waals surface area (Å²) in [7, 11) is 3.06. The fraction of sp³-hybridized carbons (Fsp3) is 0.303. The number of anilines is 4. The molecule has 0 atom stereocenters. The lowest BCUT2D eigenvalue weighted by molar-refractivity contribution is 0.205. The van der Waals surface area contributed by atoms with E-state index >= 15 is 0 Å². The minimum absolute atomic E-state index is 0.0469. The van der Waals surface area contributed by atoms with Crippen LogP contribution in [0.2, 0.25) is 5.02 Å². The summed E-state index contributed by atoms with van der Waals surface area (Å²) in [5.74, 6) is 2.06. The van der Waals surface area contributed by atoms with Gasteiger partial charge in [-0.15, -0.1) is 0 Å². The molecule has 1 fully saturated rings. The van der Waals surface area contributed by atoms with Gasteiger partial charge in [-0.25, -0.2) is 14.7 Å². The second kappa shape index (κ2) is 15.3. The number of hydrogen-bond donors (Lipinski definition) is 1. The highest BCUT2D eigenvalue weighted by molar-refractivity contribution is 6.34. The van der Waals surface area contributed by atoms with Gasteiger partial charge in [-0.05, 0) is 80.9 Å². The van der Waals surface area contributed by atoms with Crippen molar-refractivity contribution in [2.24, 2.45) is 0 Å². The molecule has 0 unspecified atom stereocenters. The summed E-state index contributed by atoms with van der Waals surface area (Å²) in [5.41, 5.74) is 1.58. The average molecular weight is 618 g/mol. The van der Waals surface area contributed by atoms with Crippen molar-refractivity contribution in [3.05, 3.63) is 84.0 Å². The zero-order valence-corrected chi connectivity index (χ0v) is 25.6. The lowest BCUT2D eigenvalue weighted by Gasteiger charge is -2.26. The van der Waals surface area contributed by atoms with Crippen LogP contribution in [0.25, 0.3) is 0 Å². The van der Waals surface area contributed by atoms with Crippen LogP contribution in [-0.2, 0) is 0 Å². The Kier molecular flexibility index (Phi) is 10.7. The van der Waals surface area contributed by atoms with Crippen LogP contribution in [0.1, 0.15) is 25.7 Å². The number of piperidine rings is 1. The number of carbonyl (C=O) groups excluding carboxylic acids is 1. The van der Waals surface area contributed by atoms with E-state index < -0.39 is 6.09 Å². The highest BCUT2D eigenvalue weighted by atomic mass is 35.5. The Balaban J connectivity index is 1.24. The molecule has 1 aliphatic heterocycles. The van der Waals surface area contributed by atoms with E-state index in [1.165, 1.54) is 56.6 Å². The number of methoxy groups -OCH3 is 2. The van der Waals surface area contributed by atoms with Crippen molar-refractivity contribution < 1.29 is 23.7 Å². The highest BCUT2D eigenvalue weighted by Gasteiger charge is 2.26. The largest absolute Gasteiger partial charge is 0.497 e. The second-order valence-electron chi connectivity index (χ2n) is 10.2. The Bertz CT molecular complexity index is 1530. The molecule has 5 rings (SSSR count). The fourth-order valence-electron chi connectivity index (χ4n) is 4.95. The normalized spacial score (nSPS) is 13.2. The molecule has 0 spiro atoms. The van der Waals surface area contributed by atoms with Crippen LogP contribution in [-0.4, -0.2) is 61.4 Å². The highest BCUT2D eigenvalue weighted by Crippen LogP contribution is 2.39. The molecule has 11 heteroatoms. The number of likely N-dealkylation sites (tertiary alicyclic amines) is 1. The van der Waals surface area contributed by atoms with Gasteiger partial charge in [0.2, 0.25) is 11.8 Å². The Morgan fingerprint density at radius 3 is 2.45 bits per heavy atom. The maximum Gasteiger partial charge on any atom is 0.425 e. The van der Waals surface area contributed by atoms with Gasteiger partial charge in [0.05, 0.1) is 37.2 Å². The molecular formula is C33H36ClN5O5. The number of amides is 1. The first-order valence-corrected chi connectivity index (χ1v) is 15.0. The Labute approximate surface area is 262 Å². The topological polar surface area (TPSA) is 98.3 Å². The first kappa shape index (κ1) is 30.9. The van der Waals surface area contributed by atoms with Gasteiger partial charge in [-0.3, -0.25) is 0 Å². The van der Waals surface area contributed by atoms with Gasteiger partial charge in [0.15, 0.2) is 0 Å². The summed E-state index contributed by atoms with van der Waals surface area (Å²) < 4.78 is 22.5. The molecule has 1 N–H and O–H groups in total. The molecule has 1 amide bonds. The number of nitrogens with zero attached hydrogens (tertiary/aromatic N) is 4. The molecule has 1 saturated heterocycles. The van der Waals surface area contributed by atoms with Gasteiger partial charge in [-0.1, -0.05) is 30.2 Å². The Morgan fingerprint density at radius 2 is 1.70 bits per heavy atom. The molecule has 1 aliphatic rings. The van der Waals surface area contributed by atoms with Crippen molar-refractivity contribution >= 4 is 40.7 Å². The summed E-state index contributed by atoms with van der Waals surface area (Å²) in [6, 6.07) is 21.1. The summed E-state index contributed by atoms with van der Waals surface area (Å²) >= 11 is 6.50. The minimum atomic E-state index is -0.743. The minimum Gasteiger partial charge on any atom is -0.497 e. The monoisotopic (exact) mass is 617 g/mol. The van der Waals surface area contributed by atoms with E-state index in [2.05, 4.69) is 20.2 Å². The number of carbonyl (C=O) groups is 1. The predicted octanol–water partition coefficient (Wildman–Crippen LogP) is 7.48. The number of aromatic nitrogens is 2. The molecule has 0 saturated carbocycles. The Hall–Kier alpha value is -4.54. The van der Waals surface area contributed by atoms with Crippen LogP contribution >= 0.6 is 11.6 Å². The summed E-state index contributed by atoms with van der Waals surface area (Å²) in [5, 5.41) is 3.49. The number of para-hydroxylation sites is 1. The van der Waals surface area contributed by atoms with Crippen LogP contribution < -0.4 is 29.2 Å². The number of halogens is 1. The fourth-order valence-corrected chi connectivity index (χ4v) is 5.17. The molecule has 230 valence electrons. The van der Waals surface area contributed by atoms with E-state index in [1.54, 1.807) is 49.6 Å². The zero-order chi connectivity index (χ0) is 30.7. The number of ether oxygens (including phenoxy) is 4. The molecule has 2 heterocycles. The molecule has 0 aliphatic carbocycles. The second-order valence-corrected chi connectivity index (χ2v) is 10.6. The summed E-state index contributed by atoms with van der Waals surface area (Å²) in [6.07, 6.45) is 5.70. The number of rotatable bonds is 12. The van der Waals surface area contributed by atoms with Crippen LogP contribution in [0.5, 0.6) is 23.1 Å². The number of hydrogen-bond acceptors (Lipinski definition) is 9. The predicted molar refractivity (Wildman–Crippen MR) is 171 cm³/mol. The van der Waals surface area contributed by atoms with Crippen molar-refractivity contribution in [2.45, 2.75) is 25.7 Å². The number of nitrogens with one attached hydrogen (secondary N) is 1. The molecule has 44 heavy (non-hydrogen) atoms. The SMILES string of the molecule is COc1ccc(N(C(=O)Oc2ccnc(Nc3ccc(OCCCN4CCCCC4)cc3)n2)c2ccccc2Cl)c(OC)c1. The molecular weight excluding hydrogens is 582 g/mol. The van der Waals surface area contributed by atoms with Gasteiger partial charge in [0.25, 0.3) is 0 Å². The van der Waals surface area contributed by atoms with E-state index in [-0.39, 0.29) is 11.8 Å².